The molecule has 2 fully saturated rings. The monoisotopic (exact) mass is 398 g/mol. The molecule has 0 unspecified atom stereocenters. The number of rotatable bonds is 7. The predicted molar refractivity (Wildman–Crippen MR) is 97.9 cm³/mol. The van der Waals surface area contributed by atoms with Crippen molar-refractivity contribution in [2.45, 2.75) is 29.9 Å². The number of hydrogen-bond acceptors (Lipinski definition) is 6. The van der Waals surface area contributed by atoms with Crippen LogP contribution < -0.4 is 5.32 Å². The summed E-state index contributed by atoms with van der Waals surface area (Å²) in [5, 5.41) is 2.78. The molecular formula is C18H26N2O6S. The van der Waals surface area contributed by atoms with Crippen molar-refractivity contribution in [3.8, 4) is 0 Å². The van der Waals surface area contributed by atoms with Gasteiger partial charge in [-0.05, 0) is 30.7 Å². The summed E-state index contributed by atoms with van der Waals surface area (Å²) < 4.78 is 43.4. The average Bonchev–Trinajstić information content (AvgIpc) is 3.13. The highest BCUT2D eigenvalue weighted by atomic mass is 32.2. The molecule has 0 saturated carbocycles. The number of nitrogens with one attached hydrogen (secondary N) is 1. The predicted octanol–water partition coefficient (Wildman–Crippen LogP) is 0.981. The summed E-state index contributed by atoms with van der Waals surface area (Å²) in [5.41, 5.74) is 0.428. The van der Waals surface area contributed by atoms with Crippen LogP contribution in [0, 0.1) is 0 Å². The molecule has 2 saturated heterocycles. The number of ether oxygens (including phenoxy) is 3. The van der Waals surface area contributed by atoms with Gasteiger partial charge in [0.05, 0.1) is 18.1 Å². The van der Waals surface area contributed by atoms with Gasteiger partial charge in [0.15, 0.2) is 5.79 Å². The summed E-state index contributed by atoms with van der Waals surface area (Å²) >= 11 is 0. The zero-order valence-corrected chi connectivity index (χ0v) is 16.3. The number of nitrogens with zero attached hydrogens (tertiary/aromatic N) is 1. The second-order valence-corrected chi connectivity index (χ2v) is 8.58. The number of hydrogen-bond donors (Lipinski definition) is 1. The highest BCUT2D eigenvalue weighted by Crippen LogP contribution is 2.33. The highest BCUT2D eigenvalue weighted by Gasteiger charge is 2.42. The fourth-order valence-electron chi connectivity index (χ4n) is 3.30. The van der Waals surface area contributed by atoms with Crippen LogP contribution in [-0.2, 0) is 24.2 Å². The second-order valence-electron chi connectivity index (χ2n) is 6.64. The van der Waals surface area contributed by atoms with E-state index in [4.69, 9.17) is 14.2 Å². The van der Waals surface area contributed by atoms with E-state index in [1.54, 1.807) is 7.11 Å². The van der Waals surface area contributed by atoms with Crippen molar-refractivity contribution in [3.05, 3.63) is 29.8 Å². The Morgan fingerprint density at radius 1 is 1.19 bits per heavy atom. The minimum Gasteiger partial charge on any atom is -0.385 e. The maximum atomic E-state index is 12.8. The Morgan fingerprint density at radius 3 is 2.41 bits per heavy atom. The third-order valence-electron chi connectivity index (χ3n) is 4.86. The van der Waals surface area contributed by atoms with Crippen LogP contribution in [0.5, 0.6) is 0 Å². The lowest BCUT2D eigenvalue weighted by Crippen LogP contribution is -2.47. The largest absolute Gasteiger partial charge is 0.385 e. The molecule has 1 N–H and O–H groups in total. The summed E-state index contributed by atoms with van der Waals surface area (Å²) in [7, 11) is -1.99. The van der Waals surface area contributed by atoms with E-state index in [9.17, 15) is 13.2 Å². The summed E-state index contributed by atoms with van der Waals surface area (Å²) in [6.07, 6.45) is 1.76. The molecule has 3 rings (SSSR count). The van der Waals surface area contributed by atoms with E-state index >= 15 is 0 Å². The van der Waals surface area contributed by atoms with E-state index in [0.29, 0.717) is 57.9 Å². The van der Waals surface area contributed by atoms with Gasteiger partial charge in [0.2, 0.25) is 10.0 Å². The lowest BCUT2D eigenvalue weighted by molar-refractivity contribution is -0.179. The standard InChI is InChI=1S/C18H26N2O6S/c1-24-12-2-9-19-17(21)15-3-5-16(6-4-15)27(22,23)20-10-7-18(8-11-20)25-13-14-26-18/h3-6H,2,7-14H2,1H3,(H,19,21). The van der Waals surface area contributed by atoms with Crippen molar-refractivity contribution in [3.63, 3.8) is 0 Å². The Kier molecular flexibility index (Phi) is 6.48. The second kappa shape index (κ2) is 8.66. The van der Waals surface area contributed by atoms with Crippen molar-refractivity contribution in [1.82, 2.24) is 9.62 Å². The molecule has 0 atom stereocenters. The minimum atomic E-state index is -3.60. The van der Waals surface area contributed by atoms with E-state index in [0.717, 1.165) is 6.42 Å². The smallest absolute Gasteiger partial charge is 0.251 e. The van der Waals surface area contributed by atoms with E-state index in [1.807, 2.05) is 0 Å². The Hall–Kier alpha value is -1.52. The first-order valence-electron chi connectivity index (χ1n) is 9.12. The van der Waals surface area contributed by atoms with E-state index in [1.165, 1.54) is 28.6 Å². The van der Waals surface area contributed by atoms with Crippen LogP contribution in [0.25, 0.3) is 0 Å². The molecule has 8 nitrogen and oxygen atoms in total. The summed E-state index contributed by atoms with van der Waals surface area (Å²) in [6.45, 7) is 2.90. The van der Waals surface area contributed by atoms with Crippen LogP contribution in [-0.4, -0.2) is 71.0 Å². The van der Waals surface area contributed by atoms with Crippen LogP contribution >= 0.6 is 0 Å². The number of sulfonamides is 1. The maximum Gasteiger partial charge on any atom is 0.251 e. The van der Waals surface area contributed by atoms with Crippen LogP contribution in [0.1, 0.15) is 29.6 Å². The summed E-state index contributed by atoms with van der Waals surface area (Å²) in [4.78, 5) is 12.3. The first kappa shape index (κ1) is 20.2. The highest BCUT2D eigenvalue weighted by molar-refractivity contribution is 7.89. The summed E-state index contributed by atoms with van der Waals surface area (Å²) in [5.74, 6) is -0.845. The lowest BCUT2D eigenvalue weighted by Gasteiger charge is -2.36. The van der Waals surface area contributed by atoms with Crippen molar-refractivity contribution in [2.75, 3.05) is 46.6 Å². The number of piperidine rings is 1. The lowest BCUT2D eigenvalue weighted by atomic mass is 10.1. The Labute approximate surface area is 159 Å². The number of methoxy groups -OCH3 is 1. The molecule has 2 aliphatic rings. The van der Waals surface area contributed by atoms with Gasteiger partial charge in [-0.2, -0.15) is 4.31 Å². The minimum absolute atomic E-state index is 0.183. The molecule has 1 aromatic rings. The van der Waals surface area contributed by atoms with Gasteiger partial charge in [-0.15, -0.1) is 0 Å². The summed E-state index contributed by atoms with van der Waals surface area (Å²) in [6, 6.07) is 6.03. The molecule has 0 aromatic heterocycles. The molecule has 27 heavy (non-hydrogen) atoms. The molecule has 1 amide bonds. The molecule has 0 bridgehead atoms. The molecule has 1 spiro atoms. The zero-order chi connectivity index (χ0) is 19.3. The van der Waals surface area contributed by atoms with E-state index < -0.39 is 15.8 Å². The first-order chi connectivity index (χ1) is 13.0. The SMILES string of the molecule is COCCCNC(=O)c1ccc(S(=O)(=O)N2CCC3(CC2)OCCO3)cc1. The maximum absolute atomic E-state index is 12.8. The van der Waals surface area contributed by atoms with Gasteiger partial charge in [0, 0.05) is 51.8 Å². The molecule has 150 valence electrons. The van der Waals surface area contributed by atoms with E-state index in [-0.39, 0.29) is 10.8 Å². The fourth-order valence-corrected chi connectivity index (χ4v) is 4.74. The molecule has 0 radical (unpaired) electrons. The molecule has 0 aliphatic carbocycles. The number of carbonyl (C=O) groups is 1. The van der Waals surface area contributed by atoms with Gasteiger partial charge in [-0.25, -0.2) is 8.42 Å². The van der Waals surface area contributed by atoms with E-state index in [2.05, 4.69) is 5.32 Å². The first-order valence-corrected chi connectivity index (χ1v) is 10.6. The van der Waals surface area contributed by atoms with Gasteiger partial charge in [-0.3, -0.25) is 4.79 Å². The van der Waals surface area contributed by atoms with Gasteiger partial charge >= 0.3 is 0 Å². The van der Waals surface area contributed by atoms with Gasteiger partial charge in [0.1, 0.15) is 0 Å². The van der Waals surface area contributed by atoms with Crippen LogP contribution in [0.2, 0.25) is 0 Å². The number of carbonyl (C=O) groups excluding carboxylic acids is 1. The quantitative estimate of drug-likeness (QED) is 0.688. The van der Waals surface area contributed by atoms with Crippen LogP contribution in [0.3, 0.4) is 0 Å². The van der Waals surface area contributed by atoms with Crippen molar-refractivity contribution >= 4 is 15.9 Å². The molecule has 1 aromatic carbocycles. The van der Waals surface area contributed by atoms with Gasteiger partial charge in [-0.1, -0.05) is 0 Å². The van der Waals surface area contributed by atoms with Gasteiger partial charge in [0.25, 0.3) is 5.91 Å². The van der Waals surface area contributed by atoms with Crippen molar-refractivity contribution in [1.29, 1.82) is 0 Å². The third kappa shape index (κ3) is 4.67. The zero-order valence-electron chi connectivity index (χ0n) is 15.5. The molecule has 2 heterocycles. The number of amides is 1. The molecule has 2 aliphatic heterocycles. The van der Waals surface area contributed by atoms with Crippen molar-refractivity contribution < 1.29 is 27.4 Å². The topological polar surface area (TPSA) is 94.2 Å². The Bertz CT molecular complexity index is 734. The number of benzene rings is 1. The third-order valence-corrected chi connectivity index (χ3v) is 6.78. The Balaban J connectivity index is 1.59. The Morgan fingerprint density at radius 2 is 1.81 bits per heavy atom. The fraction of sp³-hybridized carbons (Fsp3) is 0.611. The van der Waals surface area contributed by atoms with Gasteiger partial charge < -0.3 is 19.5 Å². The average molecular weight is 398 g/mol. The van der Waals surface area contributed by atoms with Crippen LogP contribution in [0.4, 0.5) is 0 Å². The van der Waals surface area contributed by atoms with Crippen LogP contribution in [0.15, 0.2) is 29.2 Å². The molecule has 9 heteroatoms. The molecular weight excluding hydrogens is 372 g/mol. The van der Waals surface area contributed by atoms with Crippen molar-refractivity contribution in [2.24, 2.45) is 0 Å². The normalized spacial score (nSPS) is 20.0.